The van der Waals surface area contributed by atoms with Gasteiger partial charge in [0, 0.05) is 39.3 Å². The topological polar surface area (TPSA) is 48.9 Å². The van der Waals surface area contributed by atoms with E-state index >= 15 is 0 Å². The van der Waals surface area contributed by atoms with Crippen molar-refractivity contribution in [3.63, 3.8) is 0 Å². The minimum absolute atomic E-state index is 0.140. The van der Waals surface area contributed by atoms with Crippen molar-refractivity contribution in [1.82, 2.24) is 14.8 Å². The number of para-hydroxylation sites is 1. The van der Waals surface area contributed by atoms with Crippen molar-refractivity contribution in [3.8, 4) is 0 Å². The summed E-state index contributed by atoms with van der Waals surface area (Å²) in [6.45, 7) is 4.60. The molecule has 0 atom stereocenters. The van der Waals surface area contributed by atoms with Gasteiger partial charge >= 0.3 is 6.03 Å². The summed E-state index contributed by atoms with van der Waals surface area (Å²) in [5.74, 6) is 0. The maximum absolute atomic E-state index is 12.6. The Morgan fingerprint density at radius 3 is 2.64 bits per heavy atom. The second-order valence-corrected chi connectivity index (χ2v) is 7.68. The lowest BCUT2D eigenvalue weighted by atomic mass is 10.0. The van der Waals surface area contributed by atoms with Gasteiger partial charge in [0.15, 0.2) is 5.13 Å². The Hall–Kier alpha value is -1.86. The highest BCUT2D eigenvalue weighted by atomic mass is 32.1. The van der Waals surface area contributed by atoms with Crippen molar-refractivity contribution < 1.29 is 9.53 Å². The van der Waals surface area contributed by atoms with E-state index in [2.05, 4.69) is 23.1 Å². The monoisotopic (exact) mass is 360 g/mol. The molecule has 6 nitrogen and oxygen atoms in total. The highest BCUT2D eigenvalue weighted by Gasteiger charge is 2.29. The van der Waals surface area contributed by atoms with E-state index in [9.17, 15) is 4.79 Å². The summed E-state index contributed by atoms with van der Waals surface area (Å²) in [6, 6.07) is 8.73. The first-order valence-corrected chi connectivity index (χ1v) is 9.74. The number of morpholine rings is 1. The molecule has 0 bridgehead atoms. The summed E-state index contributed by atoms with van der Waals surface area (Å²) in [6.07, 6.45) is 1.98. The highest BCUT2D eigenvalue weighted by Crippen LogP contribution is 2.31. The summed E-state index contributed by atoms with van der Waals surface area (Å²) >= 11 is 1.75. The Morgan fingerprint density at radius 1 is 1.20 bits per heavy atom. The van der Waals surface area contributed by atoms with Gasteiger partial charge in [-0.1, -0.05) is 23.5 Å². The number of ether oxygens (including phenoxy) is 1. The van der Waals surface area contributed by atoms with E-state index in [-0.39, 0.29) is 6.03 Å². The lowest BCUT2D eigenvalue weighted by molar-refractivity contribution is 0.0409. The van der Waals surface area contributed by atoms with E-state index in [4.69, 9.17) is 9.72 Å². The summed E-state index contributed by atoms with van der Waals surface area (Å²) in [5, 5.41) is 1.10. The lowest BCUT2D eigenvalue weighted by Gasteiger charge is -2.39. The molecule has 0 aliphatic carbocycles. The average molecular weight is 360 g/mol. The first kappa shape index (κ1) is 16.6. The molecule has 134 valence electrons. The van der Waals surface area contributed by atoms with Crippen LogP contribution in [0.15, 0.2) is 24.3 Å². The number of anilines is 1. The van der Waals surface area contributed by atoms with Crippen molar-refractivity contribution in [2.75, 3.05) is 51.3 Å². The number of hydrogen-bond donors (Lipinski definition) is 0. The number of piperidine rings is 1. The largest absolute Gasteiger partial charge is 0.378 e. The Balaban J connectivity index is 1.36. The number of benzene rings is 1. The van der Waals surface area contributed by atoms with E-state index in [0.717, 1.165) is 36.6 Å². The van der Waals surface area contributed by atoms with E-state index in [0.29, 0.717) is 32.3 Å². The fraction of sp³-hybridized carbons (Fsp3) is 0.556. The minimum Gasteiger partial charge on any atom is -0.378 e. The van der Waals surface area contributed by atoms with Gasteiger partial charge in [-0.25, -0.2) is 9.78 Å². The number of amides is 2. The second-order valence-electron chi connectivity index (χ2n) is 6.68. The molecule has 0 spiro atoms. The van der Waals surface area contributed by atoms with Gasteiger partial charge in [-0.2, -0.15) is 0 Å². The molecule has 2 fully saturated rings. The summed E-state index contributed by atoms with van der Waals surface area (Å²) < 4.78 is 6.57. The zero-order chi connectivity index (χ0) is 17.2. The van der Waals surface area contributed by atoms with Crippen molar-refractivity contribution in [3.05, 3.63) is 24.3 Å². The van der Waals surface area contributed by atoms with Crippen LogP contribution in [0, 0.1) is 0 Å². The molecule has 2 amide bonds. The van der Waals surface area contributed by atoms with Gasteiger partial charge in [-0.3, -0.25) is 0 Å². The van der Waals surface area contributed by atoms with E-state index < -0.39 is 0 Å². The van der Waals surface area contributed by atoms with E-state index in [1.165, 1.54) is 4.70 Å². The van der Waals surface area contributed by atoms with Crippen molar-refractivity contribution in [2.45, 2.75) is 18.9 Å². The van der Waals surface area contributed by atoms with Gasteiger partial charge in [0.2, 0.25) is 0 Å². The zero-order valence-electron chi connectivity index (χ0n) is 14.6. The first-order valence-electron chi connectivity index (χ1n) is 8.92. The summed E-state index contributed by atoms with van der Waals surface area (Å²) in [4.78, 5) is 23.6. The number of aromatic nitrogens is 1. The molecule has 3 heterocycles. The van der Waals surface area contributed by atoms with Gasteiger partial charge in [0.1, 0.15) is 0 Å². The molecule has 0 radical (unpaired) electrons. The van der Waals surface area contributed by atoms with Crippen LogP contribution in [0.5, 0.6) is 0 Å². The molecule has 1 aromatic heterocycles. The molecule has 2 aromatic rings. The normalized spacial score (nSPS) is 19.4. The Morgan fingerprint density at radius 2 is 1.92 bits per heavy atom. The van der Waals surface area contributed by atoms with Crippen LogP contribution in [0.1, 0.15) is 12.8 Å². The number of fused-ring (bicyclic) bond motifs is 1. The maximum Gasteiger partial charge on any atom is 0.320 e. The fourth-order valence-corrected chi connectivity index (χ4v) is 4.59. The van der Waals surface area contributed by atoms with Crippen molar-refractivity contribution >= 4 is 32.7 Å². The lowest BCUT2D eigenvalue weighted by Crippen LogP contribution is -2.52. The van der Waals surface area contributed by atoms with Crippen LogP contribution in [0.25, 0.3) is 10.2 Å². The number of carbonyl (C=O) groups is 1. The van der Waals surface area contributed by atoms with Crippen LogP contribution >= 0.6 is 11.3 Å². The molecule has 2 saturated heterocycles. The van der Waals surface area contributed by atoms with Crippen LogP contribution in [-0.4, -0.2) is 73.3 Å². The third-order valence-corrected chi connectivity index (χ3v) is 6.25. The smallest absolute Gasteiger partial charge is 0.320 e. The van der Waals surface area contributed by atoms with Gasteiger partial charge < -0.3 is 19.4 Å². The van der Waals surface area contributed by atoms with Crippen molar-refractivity contribution in [2.24, 2.45) is 0 Å². The number of carbonyl (C=O) groups excluding carboxylic acids is 1. The molecular weight excluding hydrogens is 336 g/mol. The number of nitrogens with zero attached hydrogens (tertiary/aromatic N) is 4. The molecular formula is C18H24N4O2S. The highest BCUT2D eigenvalue weighted by molar-refractivity contribution is 7.22. The Kier molecular flexibility index (Phi) is 4.76. The first-order chi connectivity index (χ1) is 12.2. The number of rotatable bonds is 2. The molecule has 0 unspecified atom stereocenters. The Bertz CT molecular complexity index is 703. The van der Waals surface area contributed by atoms with Crippen LogP contribution in [-0.2, 0) is 4.74 Å². The molecule has 0 saturated carbocycles. The second kappa shape index (κ2) is 7.17. The summed E-state index contributed by atoms with van der Waals surface area (Å²) in [5.41, 5.74) is 1.07. The van der Waals surface area contributed by atoms with Crippen molar-refractivity contribution in [1.29, 1.82) is 0 Å². The van der Waals surface area contributed by atoms with Gasteiger partial charge in [-0.15, -0.1) is 0 Å². The molecule has 1 aromatic carbocycles. The van der Waals surface area contributed by atoms with Crippen LogP contribution in [0.2, 0.25) is 0 Å². The number of thiazole rings is 1. The van der Waals surface area contributed by atoms with Crippen LogP contribution in [0.4, 0.5) is 9.93 Å². The maximum atomic E-state index is 12.6. The average Bonchev–Trinajstić information content (AvgIpc) is 3.12. The third-order valence-electron chi connectivity index (χ3n) is 5.15. The molecule has 7 heteroatoms. The number of urea groups is 1. The predicted molar refractivity (Wildman–Crippen MR) is 100 cm³/mol. The Labute approximate surface area is 152 Å². The SMILES string of the molecule is CN(C(=O)N1CCOCC1)C1CCN(c2nc3ccccc3s2)CC1. The molecule has 0 N–H and O–H groups in total. The van der Waals surface area contributed by atoms with Gasteiger partial charge in [0.05, 0.1) is 23.4 Å². The standard InChI is InChI=1S/C18H24N4O2S/c1-20(18(23)22-10-12-24-13-11-22)14-6-8-21(9-7-14)17-19-15-4-2-3-5-16(15)25-17/h2-5,14H,6-13H2,1H3. The third kappa shape index (κ3) is 3.43. The fourth-order valence-electron chi connectivity index (χ4n) is 3.57. The molecule has 2 aliphatic heterocycles. The van der Waals surface area contributed by atoms with E-state index in [1.54, 1.807) is 11.3 Å². The minimum atomic E-state index is 0.140. The molecule has 25 heavy (non-hydrogen) atoms. The molecule has 2 aliphatic rings. The zero-order valence-corrected chi connectivity index (χ0v) is 15.4. The molecule has 4 rings (SSSR count). The van der Waals surface area contributed by atoms with E-state index in [1.807, 2.05) is 22.9 Å². The van der Waals surface area contributed by atoms with Gasteiger partial charge in [-0.05, 0) is 25.0 Å². The quantitative estimate of drug-likeness (QED) is 0.826. The summed E-state index contributed by atoms with van der Waals surface area (Å²) in [7, 11) is 1.94. The predicted octanol–water partition coefficient (Wildman–Crippen LogP) is 2.65. The number of hydrogen-bond acceptors (Lipinski definition) is 5. The van der Waals surface area contributed by atoms with Gasteiger partial charge in [0.25, 0.3) is 0 Å². The van der Waals surface area contributed by atoms with Crippen LogP contribution in [0.3, 0.4) is 0 Å². The van der Waals surface area contributed by atoms with Crippen LogP contribution < -0.4 is 4.90 Å².